The molecule has 36 heavy (non-hydrogen) atoms. The van der Waals surface area contributed by atoms with E-state index in [0.29, 0.717) is 6.42 Å². The lowest BCUT2D eigenvalue weighted by Gasteiger charge is -2.15. The molecule has 10 heteroatoms. The second-order valence-corrected chi connectivity index (χ2v) is 10.8. The quantitative estimate of drug-likeness (QED) is 0.0715. The van der Waals surface area contributed by atoms with E-state index >= 15 is 0 Å². The molecule has 0 aliphatic heterocycles. The van der Waals surface area contributed by atoms with Gasteiger partial charge in [-0.15, -0.1) is 0 Å². The lowest BCUT2D eigenvalue weighted by atomic mass is 10.0. The molecule has 0 heterocycles. The largest absolute Gasteiger partial charge is 0.472 e. The number of amides is 1. The zero-order valence-electron chi connectivity index (χ0n) is 22.7. The monoisotopic (exact) mass is 537 g/mol. The van der Waals surface area contributed by atoms with E-state index in [4.69, 9.17) is 9.26 Å². The number of phosphoric acid groups is 1. The third kappa shape index (κ3) is 24.7. The molecular weight excluding hydrogens is 485 g/mol. The first-order valence-electron chi connectivity index (χ1n) is 14.0. The normalized spacial score (nSPS) is 13.8. The highest BCUT2D eigenvalue weighted by molar-refractivity contribution is 7.47. The summed E-state index contributed by atoms with van der Waals surface area (Å²) in [6.07, 6.45) is 18.2. The van der Waals surface area contributed by atoms with E-state index in [1.54, 1.807) is 6.92 Å². The van der Waals surface area contributed by atoms with Crippen LogP contribution in [0.5, 0.6) is 0 Å². The van der Waals surface area contributed by atoms with Crippen LogP contribution in [0.15, 0.2) is 0 Å². The maximum absolute atomic E-state index is 11.8. The van der Waals surface area contributed by atoms with Crippen molar-refractivity contribution in [2.45, 2.75) is 129 Å². The Labute approximate surface area is 218 Å². The molecule has 3 N–H and O–H groups in total. The molecule has 0 aromatic carbocycles. The number of nitrogens with one attached hydrogen (secondary N) is 1. The molecule has 0 rings (SSSR count). The number of ether oxygens (including phenoxy) is 1. The minimum absolute atomic E-state index is 0.0695. The van der Waals surface area contributed by atoms with Crippen molar-refractivity contribution in [2.24, 2.45) is 0 Å². The number of esters is 1. The fraction of sp³-hybridized carbons (Fsp3) is 0.923. The average molecular weight is 538 g/mol. The van der Waals surface area contributed by atoms with Crippen LogP contribution in [0.25, 0.3) is 0 Å². The van der Waals surface area contributed by atoms with Gasteiger partial charge in [0.2, 0.25) is 5.91 Å². The topological polar surface area (TPSA) is 131 Å². The van der Waals surface area contributed by atoms with Crippen molar-refractivity contribution < 1.29 is 37.9 Å². The maximum atomic E-state index is 11.8. The predicted molar refractivity (Wildman–Crippen MR) is 142 cm³/mol. The third-order valence-electron chi connectivity index (χ3n) is 5.85. The Hall–Kier alpha value is -0.990. The van der Waals surface area contributed by atoms with E-state index in [2.05, 4.69) is 16.8 Å². The van der Waals surface area contributed by atoms with Crippen LogP contribution in [0.1, 0.15) is 123 Å². The Kier molecular flexibility index (Phi) is 23.7. The SMILES string of the molecule is CCCCCCCCCCCCCCCCCC(=O)OCC(O)COP(=O)(O)OCCNC(=O)CC. The highest BCUT2D eigenvalue weighted by Gasteiger charge is 2.23. The molecule has 2 unspecified atom stereocenters. The summed E-state index contributed by atoms with van der Waals surface area (Å²) in [5.41, 5.74) is 0. The van der Waals surface area contributed by atoms with Crippen LogP contribution in [0.2, 0.25) is 0 Å². The molecular formula is C26H52NO8P. The molecule has 0 saturated carbocycles. The molecule has 0 fully saturated rings. The summed E-state index contributed by atoms with van der Waals surface area (Å²) >= 11 is 0. The molecule has 0 bridgehead atoms. The molecule has 2 atom stereocenters. The lowest BCUT2D eigenvalue weighted by molar-refractivity contribution is -0.147. The van der Waals surface area contributed by atoms with Crippen LogP contribution in [-0.2, 0) is 27.9 Å². The van der Waals surface area contributed by atoms with Crippen LogP contribution in [-0.4, -0.2) is 54.3 Å². The van der Waals surface area contributed by atoms with Gasteiger partial charge in [-0.25, -0.2) is 4.57 Å². The van der Waals surface area contributed by atoms with Gasteiger partial charge in [-0.05, 0) is 6.42 Å². The Balaban J connectivity index is 3.53. The molecule has 1 amide bonds. The molecule has 0 aliphatic rings. The van der Waals surface area contributed by atoms with Gasteiger partial charge >= 0.3 is 13.8 Å². The summed E-state index contributed by atoms with van der Waals surface area (Å²) in [5.74, 6) is -0.604. The zero-order chi connectivity index (χ0) is 26.9. The summed E-state index contributed by atoms with van der Waals surface area (Å²) in [4.78, 5) is 32.4. The molecule has 0 saturated heterocycles. The fourth-order valence-electron chi connectivity index (χ4n) is 3.64. The zero-order valence-corrected chi connectivity index (χ0v) is 23.6. The minimum Gasteiger partial charge on any atom is -0.463 e. The van der Waals surface area contributed by atoms with Gasteiger partial charge in [0.05, 0.1) is 13.2 Å². The Morgan fingerprint density at radius 1 is 0.778 bits per heavy atom. The van der Waals surface area contributed by atoms with E-state index in [9.17, 15) is 24.2 Å². The lowest BCUT2D eigenvalue weighted by Crippen LogP contribution is -2.26. The van der Waals surface area contributed by atoms with Crippen LogP contribution < -0.4 is 5.32 Å². The standard InChI is InChI=1S/C26H52NO8P/c1-3-5-6-7-8-9-10-11-12-13-14-15-16-17-18-19-26(30)33-22-24(28)23-35-36(31,32)34-21-20-27-25(29)4-2/h24,28H,3-23H2,1-2H3,(H,27,29)(H,31,32). The summed E-state index contributed by atoms with van der Waals surface area (Å²) in [6.45, 7) is 2.97. The second-order valence-electron chi connectivity index (χ2n) is 9.34. The van der Waals surface area contributed by atoms with Crippen molar-refractivity contribution in [3.05, 3.63) is 0 Å². The molecule has 0 spiro atoms. The Bertz CT molecular complexity index is 590. The maximum Gasteiger partial charge on any atom is 0.472 e. The summed E-state index contributed by atoms with van der Waals surface area (Å²) in [5, 5.41) is 12.3. The minimum atomic E-state index is -4.36. The number of hydrogen-bond donors (Lipinski definition) is 3. The molecule has 0 radical (unpaired) electrons. The van der Waals surface area contributed by atoms with Gasteiger partial charge in [0.1, 0.15) is 12.7 Å². The predicted octanol–water partition coefficient (Wildman–Crippen LogP) is 5.81. The Morgan fingerprint density at radius 2 is 1.28 bits per heavy atom. The second kappa shape index (κ2) is 24.4. The van der Waals surface area contributed by atoms with Crippen LogP contribution in [0.3, 0.4) is 0 Å². The number of hydrogen-bond acceptors (Lipinski definition) is 7. The van der Waals surface area contributed by atoms with Gasteiger partial charge in [0.25, 0.3) is 0 Å². The molecule has 214 valence electrons. The Morgan fingerprint density at radius 3 is 1.78 bits per heavy atom. The average Bonchev–Trinajstić information content (AvgIpc) is 2.86. The van der Waals surface area contributed by atoms with Crippen LogP contribution in [0, 0.1) is 0 Å². The van der Waals surface area contributed by atoms with Gasteiger partial charge < -0.3 is 20.1 Å². The molecule has 9 nitrogen and oxygen atoms in total. The number of unbranched alkanes of at least 4 members (excludes halogenated alkanes) is 14. The van der Waals surface area contributed by atoms with Crippen molar-refractivity contribution in [3.8, 4) is 0 Å². The highest BCUT2D eigenvalue weighted by Crippen LogP contribution is 2.42. The van der Waals surface area contributed by atoms with E-state index < -0.39 is 26.5 Å². The highest BCUT2D eigenvalue weighted by atomic mass is 31.2. The van der Waals surface area contributed by atoms with Gasteiger partial charge in [-0.1, -0.05) is 104 Å². The van der Waals surface area contributed by atoms with Gasteiger partial charge in [-0.2, -0.15) is 0 Å². The molecule has 0 aromatic heterocycles. The first-order valence-corrected chi connectivity index (χ1v) is 15.5. The summed E-state index contributed by atoms with van der Waals surface area (Å²) < 4.78 is 26.1. The van der Waals surface area contributed by atoms with E-state index in [-0.39, 0.29) is 32.1 Å². The van der Waals surface area contributed by atoms with Crippen molar-refractivity contribution in [1.29, 1.82) is 0 Å². The fourth-order valence-corrected chi connectivity index (χ4v) is 4.40. The van der Waals surface area contributed by atoms with E-state index in [1.807, 2.05) is 0 Å². The van der Waals surface area contributed by atoms with Crippen molar-refractivity contribution in [1.82, 2.24) is 5.32 Å². The first-order chi connectivity index (χ1) is 17.3. The summed E-state index contributed by atoms with van der Waals surface area (Å²) in [7, 11) is -4.36. The number of aliphatic hydroxyl groups excluding tert-OH is 1. The number of rotatable bonds is 26. The molecule has 0 aliphatic carbocycles. The molecule has 0 aromatic rings. The van der Waals surface area contributed by atoms with E-state index in [0.717, 1.165) is 19.3 Å². The van der Waals surface area contributed by atoms with Crippen molar-refractivity contribution in [2.75, 3.05) is 26.4 Å². The third-order valence-corrected chi connectivity index (χ3v) is 6.84. The summed E-state index contributed by atoms with van der Waals surface area (Å²) in [6, 6.07) is 0. The van der Waals surface area contributed by atoms with E-state index in [1.165, 1.54) is 77.0 Å². The smallest absolute Gasteiger partial charge is 0.463 e. The van der Waals surface area contributed by atoms with Gasteiger partial charge in [0, 0.05) is 19.4 Å². The van der Waals surface area contributed by atoms with Crippen LogP contribution in [0.4, 0.5) is 0 Å². The van der Waals surface area contributed by atoms with Crippen LogP contribution >= 0.6 is 7.82 Å². The van der Waals surface area contributed by atoms with Crippen molar-refractivity contribution in [3.63, 3.8) is 0 Å². The van der Waals surface area contributed by atoms with Gasteiger partial charge in [0.15, 0.2) is 0 Å². The number of aliphatic hydroxyl groups is 1. The number of carbonyl (C=O) groups is 2. The van der Waals surface area contributed by atoms with Crippen molar-refractivity contribution >= 4 is 19.7 Å². The van der Waals surface area contributed by atoms with Gasteiger partial charge in [-0.3, -0.25) is 18.6 Å². The number of carbonyl (C=O) groups excluding carboxylic acids is 2. The first kappa shape index (κ1) is 35.0. The number of phosphoric ester groups is 1.